The Kier molecular flexibility index (Phi) is 5.75. The van der Waals surface area contributed by atoms with Crippen LogP contribution in [0.3, 0.4) is 0 Å². The molecule has 0 aliphatic heterocycles. The van der Waals surface area contributed by atoms with Gasteiger partial charge < -0.3 is 0 Å². The summed E-state index contributed by atoms with van der Waals surface area (Å²) in [6, 6.07) is 16.1. The highest BCUT2D eigenvalue weighted by Gasteiger charge is 2.11. The molecule has 0 saturated heterocycles. The normalized spacial score (nSPS) is 12.4. The fraction of sp³-hybridized carbons (Fsp3) is 0.250. The maximum absolute atomic E-state index is 6.22. The maximum Gasteiger partial charge on any atom is 0.0438 e. The van der Waals surface area contributed by atoms with Crippen molar-refractivity contribution in [2.24, 2.45) is 5.92 Å². The van der Waals surface area contributed by atoms with Crippen molar-refractivity contribution in [2.45, 2.75) is 12.8 Å². The van der Waals surface area contributed by atoms with Crippen LogP contribution in [0.1, 0.15) is 11.1 Å². The average molecular weight is 358 g/mol. The Morgan fingerprint density at radius 2 is 1.74 bits per heavy atom. The van der Waals surface area contributed by atoms with E-state index in [9.17, 15) is 0 Å². The molecule has 1 atom stereocenters. The second-order valence-corrected chi connectivity index (χ2v) is 6.14. The Bertz CT molecular complexity index is 540. The summed E-state index contributed by atoms with van der Waals surface area (Å²) in [6.07, 6.45) is 1.97. The molecule has 0 aromatic heterocycles. The minimum atomic E-state index is 0.512. The SMILES string of the molecule is Clc1cccc(CC(CBr)Cc2ccccc2Cl)c1. The summed E-state index contributed by atoms with van der Waals surface area (Å²) in [7, 11) is 0. The van der Waals surface area contributed by atoms with E-state index in [-0.39, 0.29) is 0 Å². The van der Waals surface area contributed by atoms with E-state index in [0.29, 0.717) is 5.92 Å². The fourth-order valence-corrected chi connectivity index (χ4v) is 3.04. The van der Waals surface area contributed by atoms with E-state index in [1.807, 2.05) is 36.4 Å². The van der Waals surface area contributed by atoms with Crippen LogP contribution in [0.2, 0.25) is 10.0 Å². The molecule has 3 heteroatoms. The number of benzene rings is 2. The molecule has 0 aliphatic carbocycles. The van der Waals surface area contributed by atoms with Crippen molar-refractivity contribution in [3.05, 3.63) is 69.7 Å². The first-order valence-corrected chi connectivity index (χ1v) is 8.10. The van der Waals surface area contributed by atoms with Gasteiger partial charge in [-0.15, -0.1) is 0 Å². The maximum atomic E-state index is 6.22. The lowest BCUT2D eigenvalue weighted by molar-refractivity contribution is 0.591. The number of hydrogen-bond acceptors (Lipinski definition) is 0. The monoisotopic (exact) mass is 356 g/mol. The van der Waals surface area contributed by atoms with Gasteiger partial charge in [-0.1, -0.05) is 69.5 Å². The molecule has 1 unspecified atom stereocenters. The third kappa shape index (κ3) is 4.52. The van der Waals surface area contributed by atoms with E-state index in [1.54, 1.807) is 0 Å². The fourth-order valence-electron chi connectivity index (χ4n) is 2.15. The molecule has 0 fully saturated rings. The quantitative estimate of drug-likeness (QED) is 0.594. The Labute approximate surface area is 132 Å². The summed E-state index contributed by atoms with van der Waals surface area (Å²) in [5.74, 6) is 0.512. The van der Waals surface area contributed by atoms with Gasteiger partial charge in [0.2, 0.25) is 0 Å². The summed E-state index contributed by atoms with van der Waals surface area (Å²) < 4.78 is 0. The first-order chi connectivity index (χ1) is 9.19. The standard InChI is InChI=1S/C16H15BrCl2/c17-11-13(8-12-4-3-6-15(18)10-12)9-14-5-1-2-7-16(14)19/h1-7,10,13H,8-9,11H2. The van der Waals surface area contributed by atoms with Crippen molar-refractivity contribution >= 4 is 39.1 Å². The Balaban J connectivity index is 2.07. The van der Waals surface area contributed by atoms with Crippen molar-refractivity contribution in [1.82, 2.24) is 0 Å². The molecule has 0 radical (unpaired) electrons. The van der Waals surface area contributed by atoms with E-state index in [0.717, 1.165) is 28.2 Å². The number of halogens is 3. The average Bonchev–Trinajstić information content (AvgIpc) is 2.40. The molecular weight excluding hydrogens is 343 g/mol. The molecule has 0 N–H and O–H groups in total. The molecule has 0 amide bonds. The van der Waals surface area contributed by atoms with Gasteiger partial charge in [-0.05, 0) is 48.1 Å². The highest BCUT2D eigenvalue weighted by Crippen LogP contribution is 2.23. The van der Waals surface area contributed by atoms with E-state index in [2.05, 4.69) is 28.1 Å². The zero-order valence-corrected chi connectivity index (χ0v) is 13.5. The van der Waals surface area contributed by atoms with Gasteiger partial charge in [0.05, 0.1) is 0 Å². The van der Waals surface area contributed by atoms with E-state index >= 15 is 0 Å². The zero-order chi connectivity index (χ0) is 13.7. The van der Waals surface area contributed by atoms with Gasteiger partial charge in [-0.3, -0.25) is 0 Å². The van der Waals surface area contributed by atoms with Crippen LogP contribution in [-0.2, 0) is 12.8 Å². The summed E-state index contributed by atoms with van der Waals surface area (Å²) in [6.45, 7) is 0. The Hall–Kier alpha value is -0.500. The van der Waals surface area contributed by atoms with Crippen molar-refractivity contribution in [1.29, 1.82) is 0 Å². The molecule has 0 nitrogen and oxygen atoms in total. The minimum absolute atomic E-state index is 0.512. The molecule has 2 aromatic rings. The van der Waals surface area contributed by atoms with Crippen molar-refractivity contribution in [3.63, 3.8) is 0 Å². The van der Waals surface area contributed by atoms with E-state index < -0.39 is 0 Å². The van der Waals surface area contributed by atoms with Gasteiger partial charge in [0.1, 0.15) is 0 Å². The lowest BCUT2D eigenvalue weighted by Gasteiger charge is -2.15. The van der Waals surface area contributed by atoms with Gasteiger partial charge in [-0.2, -0.15) is 0 Å². The van der Waals surface area contributed by atoms with Crippen molar-refractivity contribution in [3.8, 4) is 0 Å². The molecule has 0 heterocycles. The highest BCUT2D eigenvalue weighted by atomic mass is 79.9. The van der Waals surface area contributed by atoms with Crippen LogP contribution in [-0.4, -0.2) is 5.33 Å². The van der Waals surface area contributed by atoms with Gasteiger partial charge in [-0.25, -0.2) is 0 Å². The molecule has 0 spiro atoms. The van der Waals surface area contributed by atoms with Crippen LogP contribution in [0.25, 0.3) is 0 Å². The summed E-state index contributed by atoms with van der Waals surface area (Å²) in [5.41, 5.74) is 2.47. The predicted molar refractivity (Wildman–Crippen MR) is 87.6 cm³/mol. The van der Waals surface area contributed by atoms with Crippen LogP contribution >= 0.6 is 39.1 Å². The van der Waals surface area contributed by atoms with Crippen LogP contribution in [0, 0.1) is 5.92 Å². The number of alkyl halides is 1. The second-order valence-electron chi connectivity index (χ2n) is 4.65. The molecule has 2 rings (SSSR count). The predicted octanol–water partition coefficient (Wildman–Crippen LogP) is 5.79. The third-order valence-electron chi connectivity index (χ3n) is 3.10. The van der Waals surface area contributed by atoms with Gasteiger partial charge in [0, 0.05) is 15.4 Å². The lowest BCUT2D eigenvalue weighted by Crippen LogP contribution is -2.10. The molecule has 0 bridgehead atoms. The van der Waals surface area contributed by atoms with Gasteiger partial charge in [0.15, 0.2) is 0 Å². The topological polar surface area (TPSA) is 0 Å². The molecule has 0 saturated carbocycles. The van der Waals surface area contributed by atoms with E-state index in [1.165, 1.54) is 11.1 Å². The third-order valence-corrected chi connectivity index (χ3v) is 4.62. The Morgan fingerprint density at radius 3 is 2.42 bits per heavy atom. The van der Waals surface area contributed by atoms with Gasteiger partial charge in [0.25, 0.3) is 0 Å². The molecule has 19 heavy (non-hydrogen) atoms. The summed E-state index contributed by atoms with van der Waals surface area (Å²) >= 11 is 15.8. The van der Waals surface area contributed by atoms with E-state index in [4.69, 9.17) is 23.2 Å². The van der Waals surface area contributed by atoms with Crippen LogP contribution in [0.15, 0.2) is 48.5 Å². The largest absolute Gasteiger partial charge is 0.0925 e. The number of hydrogen-bond donors (Lipinski definition) is 0. The molecule has 0 aliphatic rings. The first-order valence-electron chi connectivity index (χ1n) is 6.23. The zero-order valence-electron chi connectivity index (χ0n) is 10.5. The second kappa shape index (κ2) is 7.33. The van der Waals surface area contributed by atoms with Crippen molar-refractivity contribution < 1.29 is 0 Å². The van der Waals surface area contributed by atoms with Gasteiger partial charge >= 0.3 is 0 Å². The van der Waals surface area contributed by atoms with Crippen LogP contribution in [0.5, 0.6) is 0 Å². The molecular formula is C16H15BrCl2. The number of rotatable bonds is 5. The summed E-state index contributed by atoms with van der Waals surface area (Å²) in [4.78, 5) is 0. The highest BCUT2D eigenvalue weighted by molar-refractivity contribution is 9.09. The smallest absolute Gasteiger partial charge is 0.0438 e. The first kappa shape index (κ1) is 14.9. The van der Waals surface area contributed by atoms with Crippen molar-refractivity contribution in [2.75, 3.05) is 5.33 Å². The van der Waals surface area contributed by atoms with Crippen LogP contribution in [0.4, 0.5) is 0 Å². The minimum Gasteiger partial charge on any atom is -0.0925 e. The molecule has 2 aromatic carbocycles. The Morgan fingerprint density at radius 1 is 0.947 bits per heavy atom. The lowest BCUT2D eigenvalue weighted by atomic mass is 9.94. The van der Waals surface area contributed by atoms with Crippen LogP contribution < -0.4 is 0 Å². The molecule has 100 valence electrons. The summed E-state index contributed by atoms with van der Waals surface area (Å²) in [5, 5.41) is 2.59.